The summed E-state index contributed by atoms with van der Waals surface area (Å²) in [7, 11) is 0. The van der Waals surface area contributed by atoms with Crippen LogP contribution < -0.4 is 10.6 Å². The van der Waals surface area contributed by atoms with Gasteiger partial charge < -0.3 is 10.3 Å². The number of carbonyl (C=O) groups is 2. The first-order valence-electron chi connectivity index (χ1n) is 8.99. The zero-order chi connectivity index (χ0) is 18.9. The Morgan fingerprint density at radius 2 is 1.88 bits per heavy atom. The van der Waals surface area contributed by atoms with Crippen LogP contribution in [0, 0.1) is 17.2 Å². The van der Waals surface area contributed by atoms with E-state index in [9.17, 15) is 14.0 Å². The monoisotopic (exact) mass is 360 g/mol. The van der Waals surface area contributed by atoms with E-state index in [-0.39, 0.29) is 29.6 Å². The van der Waals surface area contributed by atoms with Crippen LogP contribution in [-0.4, -0.2) is 27.8 Å². The quantitative estimate of drug-likeness (QED) is 0.784. The molecule has 0 aliphatic heterocycles. The van der Waals surface area contributed by atoms with Crippen molar-refractivity contribution in [3.63, 3.8) is 0 Å². The Hall–Kier alpha value is -2.44. The summed E-state index contributed by atoms with van der Waals surface area (Å²) in [4.78, 5) is 31.7. The van der Waals surface area contributed by atoms with Crippen LogP contribution >= 0.6 is 0 Å². The summed E-state index contributed by atoms with van der Waals surface area (Å²) in [6.07, 6.45) is 3.00. The third-order valence-corrected chi connectivity index (χ3v) is 4.80. The lowest BCUT2D eigenvalue weighted by Crippen LogP contribution is -2.44. The molecule has 26 heavy (non-hydrogen) atoms. The van der Waals surface area contributed by atoms with Crippen molar-refractivity contribution < 1.29 is 14.0 Å². The number of nitrogens with one attached hydrogen (secondary N) is 3. The number of hydrogen-bond acceptors (Lipinski definition) is 3. The third-order valence-electron chi connectivity index (χ3n) is 4.80. The number of nitrogens with zero attached hydrogens (tertiary/aromatic N) is 1. The van der Waals surface area contributed by atoms with Gasteiger partial charge in [0, 0.05) is 17.4 Å². The fraction of sp³-hybridized carbons (Fsp3) is 0.526. The summed E-state index contributed by atoms with van der Waals surface area (Å²) < 4.78 is 13.2. The number of halogens is 1. The standard InChI is InChI=1S/C19H25FN4O2/c1-19(2,3)17(26)21-13-7-4-11(5-8-13)16(25)24-18-22-14-9-6-12(20)10-15(14)23-18/h6,9-11,13H,4-5,7-8H2,1-3H3,(H,21,26)(H2,22,23,24,25). The first-order valence-corrected chi connectivity index (χ1v) is 8.99. The second kappa shape index (κ2) is 7.05. The minimum atomic E-state index is -0.408. The molecular weight excluding hydrogens is 335 g/mol. The Kier molecular flexibility index (Phi) is 4.98. The number of amides is 2. The van der Waals surface area contributed by atoms with E-state index in [0.717, 1.165) is 25.7 Å². The van der Waals surface area contributed by atoms with Gasteiger partial charge in [-0.1, -0.05) is 20.8 Å². The van der Waals surface area contributed by atoms with E-state index in [2.05, 4.69) is 20.6 Å². The lowest BCUT2D eigenvalue weighted by atomic mass is 9.84. The first-order chi connectivity index (χ1) is 12.2. The van der Waals surface area contributed by atoms with Gasteiger partial charge in [-0.25, -0.2) is 9.37 Å². The van der Waals surface area contributed by atoms with Crippen LogP contribution in [0.4, 0.5) is 10.3 Å². The van der Waals surface area contributed by atoms with Crippen LogP contribution in [-0.2, 0) is 9.59 Å². The van der Waals surface area contributed by atoms with Gasteiger partial charge >= 0.3 is 0 Å². The molecule has 2 aromatic rings. The Morgan fingerprint density at radius 3 is 2.54 bits per heavy atom. The summed E-state index contributed by atoms with van der Waals surface area (Å²) in [5.41, 5.74) is 0.749. The second-order valence-electron chi connectivity index (χ2n) is 8.01. The maximum Gasteiger partial charge on any atom is 0.229 e. The van der Waals surface area contributed by atoms with Gasteiger partial charge in [0.2, 0.25) is 17.8 Å². The summed E-state index contributed by atoms with van der Waals surface area (Å²) in [5, 5.41) is 5.85. The Labute approximate surface area is 152 Å². The van der Waals surface area contributed by atoms with Crippen molar-refractivity contribution in [2.24, 2.45) is 11.3 Å². The molecule has 1 aliphatic carbocycles. The molecule has 0 saturated heterocycles. The van der Waals surface area contributed by atoms with Crippen molar-refractivity contribution in [2.45, 2.75) is 52.5 Å². The maximum absolute atomic E-state index is 13.2. The number of rotatable bonds is 3. The predicted octanol–water partition coefficient (Wildman–Crippen LogP) is 3.36. The number of carbonyl (C=O) groups excluding carboxylic acids is 2. The number of hydrogen-bond donors (Lipinski definition) is 3. The average molecular weight is 360 g/mol. The molecule has 6 nitrogen and oxygen atoms in total. The summed E-state index contributed by atoms with van der Waals surface area (Å²) in [6, 6.07) is 4.38. The molecule has 140 valence electrons. The number of anilines is 1. The van der Waals surface area contributed by atoms with E-state index in [1.165, 1.54) is 12.1 Å². The molecule has 0 spiro atoms. The molecule has 1 heterocycles. The molecule has 3 rings (SSSR count). The summed E-state index contributed by atoms with van der Waals surface area (Å²) >= 11 is 0. The van der Waals surface area contributed by atoms with E-state index < -0.39 is 5.41 Å². The molecule has 3 N–H and O–H groups in total. The van der Waals surface area contributed by atoms with Crippen molar-refractivity contribution in [3.05, 3.63) is 24.0 Å². The van der Waals surface area contributed by atoms with Crippen LogP contribution in [0.15, 0.2) is 18.2 Å². The van der Waals surface area contributed by atoms with Crippen LogP contribution in [0.1, 0.15) is 46.5 Å². The average Bonchev–Trinajstić information content (AvgIpc) is 2.95. The van der Waals surface area contributed by atoms with Crippen molar-refractivity contribution in [3.8, 4) is 0 Å². The molecule has 0 radical (unpaired) electrons. The summed E-state index contributed by atoms with van der Waals surface area (Å²) in [6.45, 7) is 5.67. The van der Waals surface area contributed by atoms with Gasteiger partial charge in [-0.3, -0.25) is 14.9 Å². The number of aromatic amines is 1. The van der Waals surface area contributed by atoms with Crippen molar-refractivity contribution in [2.75, 3.05) is 5.32 Å². The lowest BCUT2D eigenvalue weighted by Gasteiger charge is -2.30. The first kappa shape index (κ1) is 18.4. The lowest BCUT2D eigenvalue weighted by molar-refractivity contribution is -0.129. The highest BCUT2D eigenvalue weighted by molar-refractivity contribution is 5.92. The van der Waals surface area contributed by atoms with E-state index in [1.54, 1.807) is 6.07 Å². The van der Waals surface area contributed by atoms with Crippen LogP contribution in [0.25, 0.3) is 11.0 Å². The normalized spacial score (nSPS) is 20.8. The molecule has 1 fully saturated rings. The molecule has 1 aromatic carbocycles. The van der Waals surface area contributed by atoms with E-state index in [1.807, 2.05) is 20.8 Å². The van der Waals surface area contributed by atoms with Crippen molar-refractivity contribution in [1.29, 1.82) is 0 Å². The Morgan fingerprint density at radius 1 is 1.19 bits per heavy atom. The number of aromatic nitrogens is 2. The molecule has 0 atom stereocenters. The molecule has 1 aliphatic rings. The third kappa shape index (κ3) is 4.20. The van der Waals surface area contributed by atoms with Crippen LogP contribution in [0.2, 0.25) is 0 Å². The molecule has 1 saturated carbocycles. The number of fused-ring (bicyclic) bond motifs is 1. The molecule has 2 amide bonds. The highest BCUT2D eigenvalue weighted by Crippen LogP contribution is 2.27. The highest BCUT2D eigenvalue weighted by Gasteiger charge is 2.30. The second-order valence-corrected chi connectivity index (χ2v) is 8.01. The Balaban J connectivity index is 1.54. The van der Waals surface area contributed by atoms with Crippen molar-refractivity contribution in [1.82, 2.24) is 15.3 Å². The molecule has 1 aromatic heterocycles. The molecule has 0 bridgehead atoms. The fourth-order valence-electron chi connectivity index (χ4n) is 3.16. The zero-order valence-corrected chi connectivity index (χ0v) is 15.4. The predicted molar refractivity (Wildman–Crippen MR) is 98.0 cm³/mol. The largest absolute Gasteiger partial charge is 0.353 e. The van der Waals surface area contributed by atoms with E-state index >= 15 is 0 Å². The van der Waals surface area contributed by atoms with E-state index in [0.29, 0.717) is 17.0 Å². The highest BCUT2D eigenvalue weighted by atomic mass is 19.1. The van der Waals surface area contributed by atoms with Gasteiger partial charge in [-0.15, -0.1) is 0 Å². The SMILES string of the molecule is CC(C)(C)C(=O)NC1CCC(C(=O)Nc2nc3ccc(F)cc3[nH]2)CC1. The number of benzene rings is 1. The van der Waals surface area contributed by atoms with Gasteiger partial charge in [-0.2, -0.15) is 0 Å². The van der Waals surface area contributed by atoms with Crippen LogP contribution in [0.3, 0.4) is 0 Å². The molecular formula is C19H25FN4O2. The van der Waals surface area contributed by atoms with Crippen LogP contribution in [0.5, 0.6) is 0 Å². The number of H-pyrrole nitrogens is 1. The Bertz CT molecular complexity index is 817. The van der Waals surface area contributed by atoms with Gasteiger partial charge in [-0.05, 0) is 43.9 Å². The maximum atomic E-state index is 13.2. The van der Waals surface area contributed by atoms with Gasteiger partial charge in [0.1, 0.15) is 5.82 Å². The smallest absolute Gasteiger partial charge is 0.229 e. The molecule has 7 heteroatoms. The molecule has 0 unspecified atom stereocenters. The summed E-state index contributed by atoms with van der Waals surface area (Å²) in [5.74, 6) is -0.179. The zero-order valence-electron chi connectivity index (χ0n) is 15.4. The topological polar surface area (TPSA) is 86.9 Å². The van der Waals surface area contributed by atoms with Gasteiger partial charge in [0.05, 0.1) is 11.0 Å². The van der Waals surface area contributed by atoms with Gasteiger partial charge in [0.15, 0.2) is 0 Å². The van der Waals surface area contributed by atoms with Crippen molar-refractivity contribution >= 4 is 28.8 Å². The number of imidazole rings is 1. The minimum Gasteiger partial charge on any atom is -0.353 e. The van der Waals surface area contributed by atoms with E-state index in [4.69, 9.17) is 0 Å². The fourth-order valence-corrected chi connectivity index (χ4v) is 3.16. The minimum absolute atomic E-state index is 0.0416. The van der Waals surface area contributed by atoms with Gasteiger partial charge in [0.25, 0.3) is 0 Å².